The van der Waals surface area contributed by atoms with Gasteiger partial charge in [-0.2, -0.15) is 0 Å². The third kappa shape index (κ3) is 158. The van der Waals surface area contributed by atoms with E-state index in [9.17, 15) is 9.59 Å². The third-order valence-corrected chi connectivity index (χ3v) is 0.402. The molecule has 0 spiro atoms. The number of rotatable bonds is 2. The summed E-state index contributed by atoms with van der Waals surface area (Å²) in [6, 6.07) is 0. The van der Waals surface area contributed by atoms with E-state index < -0.39 is 16.9 Å². The van der Waals surface area contributed by atoms with Gasteiger partial charge in [0.05, 0.1) is 5.09 Å². The van der Waals surface area contributed by atoms with Crippen LogP contribution in [0.4, 0.5) is 0 Å². The van der Waals surface area contributed by atoms with Crippen LogP contribution in [0.2, 0.25) is 0 Å². The van der Waals surface area contributed by atoms with Crippen LogP contribution < -0.4 is 62.9 Å². The van der Waals surface area contributed by atoms with Crippen LogP contribution in [0.5, 0.6) is 0 Å². The summed E-state index contributed by atoms with van der Waals surface area (Å²) in [7, 11) is 0. The molecule has 0 bridgehead atoms. The molecule has 0 radical (unpaired) electrons. The van der Waals surface area contributed by atoms with E-state index in [4.69, 9.17) is 15.3 Å². The van der Waals surface area contributed by atoms with Gasteiger partial charge in [-0.15, -0.1) is 0 Å². The van der Waals surface area contributed by atoms with Crippen molar-refractivity contribution in [1.29, 1.82) is 0 Å². The van der Waals surface area contributed by atoms with Gasteiger partial charge in [-0.3, -0.25) is 9.59 Å². The Morgan fingerprint density at radius 1 is 1.07 bits per heavy atom. The van der Waals surface area contributed by atoms with E-state index in [2.05, 4.69) is 24.6 Å². The van der Waals surface area contributed by atoms with Crippen LogP contribution in [-0.4, -0.2) is 16.9 Å². The molecule has 0 aliphatic heterocycles. The maximum absolute atomic E-state index is 9.47. The predicted molar refractivity (Wildman–Crippen MR) is 49.1 cm³/mol. The molecule has 0 heterocycles. The molecule has 0 saturated heterocycles. The summed E-state index contributed by atoms with van der Waals surface area (Å²) in [5, 5.41) is 14.8. The van der Waals surface area contributed by atoms with Crippen LogP contribution in [0.3, 0.4) is 0 Å². The molecule has 80 valence electrons. The van der Waals surface area contributed by atoms with Crippen LogP contribution in [0, 0.1) is 15.3 Å². The Bertz CT molecular complexity index is 209. The largest absolute Gasteiger partial charge is 1.00 e. The van der Waals surface area contributed by atoms with Gasteiger partial charge in [-0.25, -0.2) is 0 Å². The maximum Gasteiger partial charge on any atom is 1.00 e. The molecule has 0 aromatic heterocycles. The molecule has 9 heteroatoms. The molecule has 0 aromatic carbocycles. The average molecular weight is 243 g/mol. The van der Waals surface area contributed by atoms with E-state index in [1.165, 1.54) is 0 Å². The smallest absolute Gasteiger partial charge is 0.366 e. The first-order valence-electron chi connectivity index (χ1n) is 2.93. The van der Waals surface area contributed by atoms with E-state index in [-0.39, 0.29) is 51.4 Å². The quantitative estimate of drug-likeness (QED) is 0.219. The molecule has 0 aromatic rings. The second kappa shape index (κ2) is 18.9. The fourth-order valence-electron chi connectivity index (χ4n) is 0. The zero-order chi connectivity index (χ0) is 12.1. The molecular formula is C6H10KN3O5. The van der Waals surface area contributed by atoms with Gasteiger partial charge in [0.2, 0.25) is 11.8 Å². The van der Waals surface area contributed by atoms with Crippen molar-refractivity contribution in [1.82, 2.24) is 0 Å². The zero-order valence-electron chi connectivity index (χ0n) is 8.21. The van der Waals surface area contributed by atoms with Gasteiger partial charge in [0.25, 0.3) is 0 Å². The number of hydrogen-bond acceptors (Lipinski definition) is 5. The van der Waals surface area contributed by atoms with Gasteiger partial charge in [0.15, 0.2) is 0 Å². The van der Waals surface area contributed by atoms with Crippen LogP contribution in [-0.2, 0) is 9.59 Å². The van der Waals surface area contributed by atoms with Gasteiger partial charge in [0.1, 0.15) is 0 Å². The van der Waals surface area contributed by atoms with Crippen LogP contribution >= 0.6 is 0 Å². The van der Waals surface area contributed by atoms with Crippen LogP contribution in [0.1, 0.15) is 0 Å². The molecular weight excluding hydrogens is 233 g/mol. The molecule has 0 rings (SSSR count). The van der Waals surface area contributed by atoms with Crippen LogP contribution in [0.25, 0.3) is 0 Å². The molecule has 0 aliphatic carbocycles. The first kappa shape index (κ1) is 23.8. The fraction of sp³-hybridized carbons (Fsp3) is 0. The summed E-state index contributed by atoms with van der Waals surface area (Å²) >= 11 is 0. The van der Waals surface area contributed by atoms with Crippen molar-refractivity contribution in [2.24, 2.45) is 11.5 Å². The fourth-order valence-corrected chi connectivity index (χ4v) is 0. The summed E-state index contributed by atoms with van der Waals surface area (Å²) in [6.45, 7) is 6.17. The summed E-state index contributed by atoms with van der Waals surface area (Å²) in [6.07, 6.45) is 2.11. The van der Waals surface area contributed by atoms with Gasteiger partial charge >= 0.3 is 51.4 Å². The average Bonchev–Trinajstić information content (AvgIpc) is 2.04. The van der Waals surface area contributed by atoms with E-state index in [0.717, 1.165) is 12.2 Å². The van der Waals surface area contributed by atoms with Gasteiger partial charge in [-0.1, -0.05) is 13.2 Å². The number of carbonyl (C=O) groups excluding carboxylic acids is 2. The minimum Gasteiger partial charge on any atom is -0.366 e. The predicted octanol–water partition coefficient (Wildman–Crippen LogP) is -3.92. The molecule has 0 unspecified atom stereocenters. The summed E-state index contributed by atoms with van der Waals surface area (Å²) < 4.78 is 0. The Balaban J connectivity index is -0.0000000590. The molecule has 15 heavy (non-hydrogen) atoms. The van der Waals surface area contributed by atoms with Crippen molar-refractivity contribution < 1.29 is 66.1 Å². The Hall–Kier alpha value is -0.744. The standard InChI is InChI=1S/2C3H5NO.K.NO3/c2*1-2-3(4)5;;2-1(3)4/h2*2H,1H2,(H2,4,5);;/q;;+1;-1. The minimum absolute atomic E-state index is 0. The molecule has 0 aliphatic rings. The van der Waals surface area contributed by atoms with Crippen molar-refractivity contribution in [2.75, 3.05) is 0 Å². The molecule has 2 amide bonds. The Labute approximate surface area is 129 Å². The number of hydrogen-bond donors (Lipinski definition) is 2. The van der Waals surface area contributed by atoms with E-state index in [1.807, 2.05) is 0 Å². The van der Waals surface area contributed by atoms with Gasteiger partial charge in [0, 0.05) is 0 Å². The van der Waals surface area contributed by atoms with Crippen molar-refractivity contribution >= 4 is 11.8 Å². The Morgan fingerprint density at radius 3 is 1.13 bits per heavy atom. The number of primary amides is 2. The molecule has 0 atom stereocenters. The minimum atomic E-state index is -1.75. The SMILES string of the molecule is C=CC(N)=O.C=CC(N)=O.O=[N+]([O-])[O-].[K+]. The second-order valence-electron chi connectivity index (χ2n) is 1.44. The topological polar surface area (TPSA) is 152 Å². The number of nitrogens with two attached hydrogens (primary N) is 2. The summed E-state index contributed by atoms with van der Waals surface area (Å²) in [5.41, 5.74) is 9.07. The number of carbonyl (C=O) groups is 2. The number of amides is 2. The van der Waals surface area contributed by atoms with Gasteiger partial charge < -0.3 is 26.8 Å². The summed E-state index contributed by atoms with van der Waals surface area (Å²) in [5.74, 6) is -0.963. The van der Waals surface area contributed by atoms with Crippen molar-refractivity contribution in [3.8, 4) is 0 Å². The molecule has 0 fully saturated rings. The van der Waals surface area contributed by atoms with Crippen molar-refractivity contribution in [3.05, 3.63) is 40.6 Å². The molecule has 8 nitrogen and oxygen atoms in total. The molecule has 4 N–H and O–H groups in total. The molecule has 0 saturated carbocycles. The normalized spacial score (nSPS) is 5.87. The third-order valence-electron chi connectivity index (χ3n) is 0.402. The monoisotopic (exact) mass is 243 g/mol. The van der Waals surface area contributed by atoms with E-state index in [0.29, 0.717) is 0 Å². The van der Waals surface area contributed by atoms with Gasteiger partial charge in [-0.05, 0) is 12.2 Å². The number of nitrogens with zero attached hydrogens (tertiary/aromatic N) is 1. The summed E-state index contributed by atoms with van der Waals surface area (Å²) in [4.78, 5) is 27.2. The maximum atomic E-state index is 9.47. The first-order chi connectivity index (χ1) is 6.27. The van der Waals surface area contributed by atoms with E-state index >= 15 is 0 Å². The first-order valence-corrected chi connectivity index (χ1v) is 2.93. The zero-order valence-corrected chi connectivity index (χ0v) is 11.3. The second-order valence-corrected chi connectivity index (χ2v) is 1.44. The van der Waals surface area contributed by atoms with Crippen molar-refractivity contribution in [2.45, 2.75) is 0 Å². The van der Waals surface area contributed by atoms with Crippen molar-refractivity contribution in [3.63, 3.8) is 0 Å². The Morgan fingerprint density at radius 2 is 1.13 bits per heavy atom. The van der Waals surface area contributed by atoms with Crippen LogP contribution in [0.15, 0.2) is 25.3 Å². The Kier molecular flexibility index (Phi) is 30.1. The van der Waals surface area contributed by atoms with E-state index in [1.54, 1.807) is 0 Å².